The van der Waals surface area contributed by atoms with Crippen LogP contribution in [0.1, 0.15) is 13.8 Å². The minimum absolute atomic E-state index is 0.144. The third-order valence-electron chi connectivity index (χ3n) is 1.84. The maximum Gasteiger partial charge on any atom is 0.278 e. The summed E-state index contributed by atoms with van der Waals surface area (Å²) in [5.74, 6) is 0.268. The molecule has 0 aliphatic heterocycles. The Balaban J connectivity index is 4.04. The Bertz CT molecular complexity index is 236. The van der Waals surface area contributed by atoms with E-state index in [0.717, 1.165) is 4.31 Å². The lowest BCUT2D eigenvalue weighted by molar-refractivity contribution is 0.463. The molecule has 0 heterocycles. The van der Waals surface area contributed by atoms with Crippen molar-refractivity contribution in [2.24, 2.45) is 11.7 Å². The van der Waals surface area contributed by atoms with E-state index in [1.807, 2.05) is 13.8 Å². The molecule has 3 N–H and O–H groups in total. The molecule has 13 heavy (non-hydrogen) atoms. The molecule has 0 saturated heterocycles. The van der Waals surface area contributed by atoms with Gasteiger partial charge in [-0.1, -0.05) is 13.8 Å². The molecule has 80 valence electrons. The summed E-state index contributed by atoms with van der Waals surface area (Å²) in [4.78, 5) is 0. The summed E-state index contributed by atoms with van der Waals surface area (Å²) >= 11 is 0. The van der Waals surface area contributed by atoms with Gasteiger partial charge in [0.2, 0.25) is 0 Å². The maximum atomic E-state index is 11.2. The highest BCUT2D eigenvalue weighted by molar-refractivity contribution is 7.87. The van der Waals surface area contributed by atoms with Crippen molar-refractivity contribution < 1.29 is 8.42 Å². The molecule has 0 bridgehead atoms. The lowest BCUT2D eigenvalue weighted by atomic mass is 10.1. The zero-order valence-corrected chi connectivity index (χ0v) is 9.43. The molecule has 0 saturated carbocycles. The van der Waals surface area contributed by atoms with Crippen LogP contribution in [0.5, 0.6) is 0 Å². The topological polar surface area (TPSA) is 75.4 Å². The van der Waals surface area contributed by atoms with Crippen molar-refractivity contribution in [3.8, 4) is 0 Å². The van der Waals surface area contributed by atoms with Gasteiger partial charge in [-0.05, 0) is 5.92 Å². The summed E-state index contributed by atoms with van der Waals surface area (Å²) < 4.78 is 26.0. The zero-order valence-electron chi connectivity index (χ0n) is 8.61. The predicted molar refractivity (Wildman–Crippen MR) is 53.4 cm³/mol. The molecular weight excluding hydrogens is 190 g/mol. The van der Waals surface area contributed by atoms with Crippen LogP contribution in [0.2, 0.25) is 0 Å². The molecule has 0 aliphatic carbocycles. The Morgan fingerprint density at radius 2 is 1.85 bits per heavy atom. The van der Waals surface area contributed by atoms with Crippen molar-refractivity contribution in [2.45, 2.75) is 19.9 Å². The van der Waals surface area contributed by atoms with E-state index in [0.29, 0.717) is 0 Å². The summed E-state index contributed by atoms with van der Waals surface area (Å²) in [5, 5.41) is 0. The van der Waals surface area contributed by atoms with Crippen molar-refractivity contribution in [1.82, 2.24) is 9.03 Å². The smallest absolute Gasteiger partial charge is 0.278 e. The van der Waals surface area contributed by atoms with Gasteiger partial charge in [-0.3, -0.25) is 0 Å². The molecule has 0 aromatic rings. The zero-order chi connectivity index (χ0) is 10.6. The van der Waals surface area contributed by atoms with E-state index in [1.54, 1.807) is 0 Å². The van der Waals surface area contributed by atoms with Crippen LogP contribution >= 0.6 is 0 Å². The maximum absolute atomic E-state index is 11.2. The van der Waals surface area contributed by atoms with Gasteiger partial charge in [0.05, 0.1) is 0 Å². The number of rotatable bonds is 5. The molecule has 6 heteroatoms. The molecule has 5 nitrogen and oxygen atoms in total. The molecule has 0 aromatic carbocycles. The van der Waals surface area contributed by atoms with Gasteiger partial charge >= 0.3 is 0 Å². The van der Waals surface area contributed by atoms with Crippen molar-refractivity contribution in [1.29, 1.82) is 0 Å². The number of nitrogens with zero attached hydrogens (tertiary/aromatic N) is 1. The average Bonchev–Trinajstić information content (AvgIpc) is 1.99. The van der Waals surface area contributed by atoms with E-state index in [-0.39, 0.29) is 18.5 Å². The van der Waals surface area contributed by atoms with Crippen LogP contribution in [0, 0.1) is 5.92 Å². The van der Waals surface area contributed by atoms with Crippen LogP contribution in [0.25, 0.3) is 0 Å². The van der Waals surface area contributed by atoms with E-state index in [1.165, 1.54) is 14.1 Å². The fraction of sp³-hybridized carbons (Fsp3) is 1.00. The highest BCUT2D eigenvalue weighted by Crippen LogP contribution is 1.97. The second-order valence-electron chi connectivity index (χ2n) is 3.54. The van der Waals surface area contributed by atoms with Gasteiger partial charge in [0.15, 0.2) is 0 Å². The summed E-state index contributed by atoms with van der Waals surface area (Å²) in [6, 6.07) is -0.144. The Morgan fingerprint density at radius 1 is 1.38 bits per heavy atom. The second kappa shape index (κ2) is 4.90. The largest absolute Gasteiger partial charge is 0.326 e. The standard InChI is InChI=1S/C7H19N3O2S/c1-6(2)7(8)5-9-13(11,12)10(3)4/h6-7,9H,5,8H2,1-4H3. The first-order chi connectivity index (χ1) is 5.77. The lowest BCUT2D eigenvalue weighted by Gasteiger charge is -2.18. The quantitative estimate of drug-likeness (QED) is 0.633. The summed E-state index contributed by atoms with van der Waals surface area (Å²) in [5.41, 5.74) is 5.68. The van der Waals surface area contributed by atoms with Crippen molar-refractivity contribution in [3.63, 3.8) is 0 Å². The van der Waals surface area contributed by atoms with Gasteiger partial charge in [-0.25, -0.2) is 4.72 Å². The van der Waals surface area contributed by atoms with Gasteiger partial charge in [0.1, 0.15) is 0 Å². The molecule has 0 rings (SSSR count). The summed E-state index contributed by atoms with van der Waals surface area (Å²) in [6.45, 7) is 4.18. The van der Waals surface area contributed by atoms with Gasteiger partial charge in [0, 0.05) is 26.7 Å². The minimum Gasteiger partial charge on any atom is -0.326 e. The second-order valence-corrected chi connectivity index (χ2v) is 5.51. The van der Waals surface area contributed by atoms with E-state index >= 15 is 0 Å². The molecule has 1 unspecified atom stereocenters. The first-order valence-electron chi connectivity index (χ1n) is 4.20. The fourth-order valence-electron chi connectivity index (χ4n) is 0.566. The summed E-state index contributed by atoms with van der Waals surface area (Å²) in [6.07, 6.45) is 0. The van der Waals surface area contributed by atoms with E-state index < -0.39 is 10.2 Å². The normalized spacial score (nSPS) is 15.3. The Morgan fingerprint density at radius 3 is 2.15 bits per heavy atom. The highest BCUT2D eigenvalue weighted by atomic mass is 32.2. The van der Waals surface area contributed by atoms with Crippen LogP contribution in [-0.2, 0) is 10.2 Å². The number of hydrogen-bond donors (Lipinski definition) is 2. The van der Waals surface area contributed by atoms with Gasteiger partial charge in [0.25, 0.3) is 10.2 Å². The van der Waals surface area contributed by atoms with Crippen LogP contribution in [0.3, 0.4) is 0 Å². The fourth-order valence-corrected chi connectivity index (χ4v) is 1.23. The third-order valence-corrected chi connectivity index (χ3v) is 3.33. The number of nitrogens with one attached hydrogen (secondary N) is 1. The van der Waals surface area contributed by atoms with Crippen molar-refractivity contribution >= 4 is 10.2 Å². The molecule has 0 amide bonds. The van der Waals surface area contributed by atoms with Crippen LogP contribution in [0.4, 0.5) is 0 Å². The van der Waals surface area contributed by atoms with E-state index in [2.05, 4.69) is 4.72 Å². The van der Waals surface area contributed by atoms with Gasteiger partial charge < -0.3 is 5.73 Å². The Hall–Kier alpha value is -0.170. The summed E-state index contributed by atoms with van der Waals surface area (Å²) in [7, 11) is -0.373. The van der Waals surface area contributed by atoms with Crippen molar-refractivity contribution in [3.05, 3.63) is 0 Å². The van der Waals surface area contributed by atoms with Crippen LogP contribution in [-0.4, -0.2) is 39.4 Å². The SMILES string of the molecule is CC(C)C(N)CNS(=O)(=O)N(C)C. The minimum atomic E-state index is -3.32. The van der Waals surface area contributed by atoms with Gasteiger partial charge in [-0.15, -0.1) is 0 Å². The lowest BCUT2D eigenvalue weighted by Crippen LogP contribution is -2.44. The third kappa shape index (κ3) is 4.56. The van der Waals surface area contributed by atoms with Crippen LogP contribution in [0.15, 0.2) is 0 Å². The molecule has 0 fully saturated rings. The van der Waals surface area contributed by atoms with Crippen LogP contribution < -0.4 is 10.5 Å². The molecule has 0 spiro atoms. The first-order valence-corrected chi connectivity index (χ1v) is 5.64. The van der Waals surface area contributed by atoms with E-state index in [4.69, 9.17) is 5.73 Å². The molecule has 0 aliphatic rings. The molecular formula is C7H19N3O2S. The molecule has 1 atom stereocenters. The molecule has 0 radical (unpaired) electrons. The first kappa shape index (κ1) is 12.8. The van der Waals surface area contributed by atoms with Crippen molar-refractivity contribution in [2.75, 3.05) is 20.6 Å². The monoisotopic (exact) mass is 209 g/mol. The average molecular weight is 209 g/mol. The number of nitrogens with two attached hydrogens (primary N) is 1. The highest BCUT2D eigenvalue weighted by Gasteiger charge is 2.15. The molecule has 0 aromatic heterocycles. The van der Waals surface area contributed by atoms with E-state index in [9.17, 15) is 8.42 Å². The Kier molecular flexibility index (Phi) is 4.83. The van der Waals surface area contributed by atoms with Gasteiger partial charge in [-0.2, -0.15) is 12.7 Å². The number of hydrogen-bond acceptors (Lipinski definition) is 3. The predicted octanol–water partition coefficient (Wildman–Crippen LogP) is -0.634. The Labute approximate surface area is 80.5 Å².